The SMILES string of the molecule is CNC(=O)N(C)C(=O)Nc1nc(C(Cl)(Cl)Cl)ns1. The van der Waals surface area contributed by atoms with Crippen LogP contribution in [-0.2, 0) is 3.79 Å². The normalized spacial score (nSPS) is 10.9. The van der Waals surface area contributed by atoms with Crippen molar-refractivity contribution in [3.05, 3.63) is 5.82 Å². The molecule has 18 heavy (non-hydrogen) atoms. The Morgan fingerprint density at radius 3 is 2.39 bits per heavy atom. The molecule has 0 aromatic carbocycles. The second-order valence-corrected chi connectivity index (χ2v) is 6.00. The molecule has 0 unspecified atom stereocenters. The van der Waals surface area contributed by atoms with Crippen molar-refractivity contribution in [2.24, 2.45) is 0 Å². The first-order valence-corrected chi connectivity index (χ1v) is 6.33. The number of rotatable bonds is 1. The first kappa shape index (κ1) is 15.2. The maximum Gasteiger partial charge on any atom is 0.331 e. The number of hydrogen-bond acceptors (Lipinski definition) is 5. The Balaban J connectivity index is 2.71. The standard InChI is InChI=1S/C7H8Cl3N5O2S/c1-11-5(16)15(2)6(17)13-4-12-3(14-18-4)7(8,9)10/h1-2H3,(H,11,16)(H,12,13,14,17). The van der Waals surface area contributed by atoms with Crippen LogP contribution in [0.5, 0.6) is 0 Å². The largest absolute Gasteiger partial charge is 0.341 e. The van der Waals surface area contributed by atoms with Crippen molar-refractivity contribution in [2.45, 2.75) is 3.79 Å². The Kier molecular flexibility index (Phi) is 4.97. The van der Waals surface area contributed by atoms with Gasteiger partial charge in [-0.1, -0.05) is 34.8 Å². The molecule has 1 aromatic rings. The summed E-state index contributed by atoms with van der Waals surface area (Å²) in [6, 6.07) is -1.25. The van der Waals surface area contributed by atoms with Gasteiger partial charge in [0, 0.05) is 25.6 Å². The van der Waals surface area contributed by atoms with Gasteiger partial charge >= 0.3 is 12.1 Å². The number of halogens is 3. The molecule has 1 aromatic heterocycles. The van der Waals surface area contributed by atoms with Crippen LogP contribution in [0, 0.1) is 0 Å². The fraction of sp³-hybridized carbons (Fsp3) is 0.429. The molecule has 0 atom stereocenters. The Hall–Kier alpha value is -0.830. The molecule has 0 fully saturated rings. The minimum atomic E-state index is -1.76. The molecule has 7 nitrogen and oxygen atoms in total. The van der Waals surface area contributed by atoms with Gasteiger partial charge in [0.2, 0.25) is 5.13 Å². The zero-order chi connectivity index (χ0) is 13.9. The molecular weight excluding hydrogens is 325 g/mol. The van der Waals surface area contributed by atoms with E-state index in [0.29, 0.717) is 0 Å². The number of imide groups is 1. The summed E-state index contributed by atoms with van der Waals surface area (Å²) in [5, 5.41) is 4.76. The van der Waals surface area contributed by atoms with Crippen LogP contribution in [-0.4, -0.2) is 40.4 Å². The number of amides is 4. The Bertz CT molecular complexity index is 460. The van der Waals surface area contributed by atoms with Crippen molar-refractivity contribution in [3.63, 3.8) is 0 Å². The zero-order valence-corrected chi connectivity index (χ0v) is 12.3. The summed E-state index contributed by atoms with van der Waals surface area (Å²) >= 11 is 17.5. The number of hydrogen-bond donors (Lipinski definition) is 2. The number of nitrogens with zero attached hydrogens (tertiary/aromatic N) is 3. The van der Waals surface area contributed by atoms with E-state index in [9.17, 15) is 9.59 Å². The summed E-state index contributed by atoms with van der Waals surface area (Å²) in [5.41, 5.74) is 0. The van der Waals surface area contributed by atoms with Crippen LogP contribution >= 0.6 is 46.3 Å². The molecule has 0 spiro atoms. The minimum Gasteiger partial charge on any atom is -0.341 e. The highest BCUT2D eigenvalue weighted by Crippen LogP contribution is 2.37. The van der Waals surface area contributed by atoms with Gasteiger partial charge in [-0.05, 0) is 0 Å². The number of nitrogens with one attached hydrogen (secondary N) is 2. The summed E-state index contributed by atoms with van der Waals surface area (Å²) in [5.74, 6) is -0.0459. The van der Waals surface area contributed by atoms with Gasteiger partial charge in [-0.25, -0.2) is 14.5 Å². The highest BCUT2D eigenvalue weighted by molar-refractivity contribution is 7.10. The van der Waals surface area contributed by atoms with E-state index in [2.05, 4.69) is 20.0 Å². The van der Waals surface area contributed by atoms with E-state index in [1.165, 1.54) is 14.1 Å². The van der Waals surface area contributed by atoms with Gasteiger partial charge in [-0.15, -0.1) is 0 Å². The molecule has 0 saturated carbocycles. The van der Waals surface area contributed by atoms with E-state index in [1.807, 2.05) is 0 Å². The number of carbonyl (C=O) groups excluding carboxylic acids is 2. The summed E-state index contributed by atoms with van der Waals surface area (Å²) in [4.78, 5) is 27.4. The molecule has 0 radical (unpaired) electrons. The molecule has 0 aliphatic heterocycles. The first-order valence-electron chi connectivity index (χ1n) is 4.43. The maximum absolute atomic E-state index is 11.6. The lowest BCUT2D eigenvalue weighted by Crippen LogP contribution is -2.41. The smallest absolute Gasteiger partial charge is 0.331 e. The molecule has 1 heterocycles. The molecule has 0 aliphatic rings. The van der Waals surface area contributed by atoms with Gasteiger partial charge in [0.15, 0.2) is 5.82 Å². The number of carbonyl (C=O) groups is 2. The van der Waals surface area contributed by atoms with Crippen LogP contribution < -0.4 is 10.6 Å². The number of anilines is 1. The average Bonchev–Trinajstić information content (AvgIpc) is 2.75. The van der Waals surface area contributed by atoms with Gasteiger partial charge in [-0.3, -0.25) is 5.32 Å². The van der Waals surface area contributed by atoms with E-state index >= 15 is 0 Å². The van der Waals surface area contributed by atoms with Crippen molar-refractivity contribution in [1.29, 1.82) is 0 Å². The van der Waals surface area contributed by atoms with Gasteiger partial charge in [0.05, 0.1) is 0 Å². The van der Waals surface area contributed by atoms with Crippen molar-refractivity contribution < 1.29 is 9.59 Å². The molecule has 0 saturated heterocycles. The van der Waals surface area contributed by atoms with Crippen LogP contribution in [0.2, 0.25) is 0 Å². The third-order valence-corrected chi connectivity index (χ3v) is 2.85. The fourth-order valence-corrected chi connectivity index (χ4v) is 1.84. The lowest BCUT2D eigenvalue weighted by Gasteiger charge is -2.13. The lowest BCUT2D eigenvalue weighted by atomic mass is 10.7. The monoisotopic (exact) mass is 331 g/mol. The van der Waals surface area contributed by atoms with Gasteiger partial charge in [-0.2, -0.15) is 9.36 Å². The molecular formula is C7H8Cl3N5O2S. The van der Waals surface area contributed by atoms with E-state index in [1.54, 1.807) is 0 Å². The highest BCUT2D eigenvalue weighted by atomic mass is 35.6. The summed E-state index contributed by atoms with van der Waals surface area (Å²) in [6.07, 6.45) is 0. The molecule has 0 bridgehead atoms. The third-order valence-electron chi connectivity index (χ3n) is 1.72. The lowest BCUT2D eigenvalue weighted by molar-refractivity contribution is 0.203. The molecule has 2 N–H and O–H groups in total. The molecule has 1 rings (SSSR count). The van der Waals surface area contributed by atoms with Crippen molar-refractivity contribution in [3.8, 4) is 0 Å². The summed E-state index contributed by atoms with van der Waals surface area (Å²) < 4.78 is 2.01. The van der Waals surface area contributed by atoms with E-state index in [4.69, 9.17) is 34.8 Å². The topological polar surface area (TPSA) is 87.2 Å². The van der Waals surface area contributed by atoms with Gasteiger partial charge < -0.3 is 5.32 Å². The molecule has 11 heteroatoms. The van der Waals surface area contributed by atoms with Crippen LogP contribution in [0.3, 0.4) is 0 Å². The highest BCUT2D eigenvalue weighted by Gasteiger charge is 2.29. The van der Waals surface area contributed by atoms with Crippen molar-refractivity contribution in [1.82, 2.24) is 19.6 Å². The third kappa shape index (κ3) is 3.84. The molecule has 0 aliphatic carbocycles. The van der Waals surface area contributed by atoms with Gasteiger partial charge in [0.1, 0.15) is 0 Å². The quantitative estimate of drug-likeness (QED) is 0.772. The van der Waals surface area contributed by atoms with E-state index in [-0.39, 0.29) is 11.0 Å². The van der Waals surface area contributed by atoms with Crippen LogP contribution in [0.4, 0.5) is 14.7 Å². The van der Waals surface area contributed by atoms with E-state index in [0.717, 1.165) is 16.4 Å². The Morgan fingerprint density at radius 2 is 1.94 bits per heavy atom. The second kappa shape index (κ2) is 5.87. The molecule has 4 amide bonds. The summed E-state index contributed by atoms with van der Waals surface area (Å²) in [6.45, 7) is 0. The Labute approximate surface area is 122 Å². The second-order valence-electron chi connectivity index (χ2n) is 2.97. The van der Waals surface area contributed by atoms with Crippen molar-refractivity contribution >= 4 is 63.5 Å². The van der Waals surface area contributed by atoms with Gasteiger partial charge in [0.25, 0.3) is 3.79 Å². The van der Waals surface area contributed by atoms with Crippen LogP contribution in [0.1, 0.15) is 5.82 Å². The predicted molar refractivity (Wildman–Crippen MR) is 70.4 cm³/mol. The Morgan fingerprint density at radius 1 is 1.33 bits per heavy atom. The zero-order valence-electron chi connectivity index (χ0n) is 9.20. The number of alkyl halides is 3. The average molecular weight is 333 g/mol. The van der Waals surface area contributed by atoms with Crippen LogP contribution in [0.25, 0.3) is 0 Å². The summed E-state index contributed by atoms with van der Waals surface area (Å²) in [7, 11) is 2.70. The van der Waals surface area contributed by atoms with E-state index < -0.39 is 15.9 Å². The van der Waals surface area contributed by atoms with Crippen LogP contribution in [0.15, 0.2) is 0 Å². The molecule has 100 valence electrons. The maximum atomic E-state index is 11.6. The number of aromatic nitrogens is 2. The number of urea groups is 2. The van der Waals surface area contributed by atoms with Crippen molar-refractivity contribution in [2.75, 3.05) is 19.4 Å². The predicted octanol–water partition coefficient (Wildman–Crippen LogP) is 2.17. The first-order chi connectivity index (χ1) is 8.25. The minimum absolute atomic E-state index is 0.0459. The fourth-order valence-electron chi connectivity index (χ4n) is 0.825.